The molecule has 0 aromatic carbocycles. The highest BCUT2D eigenvalue weighted by Crippen LogP contribution is 2.16. The Morgan fingerprint density at radius 2 is 2.44 bits per heavy atom. The average molecular weight is 249 g/mol. The van der Waals surface area contributed by atoms with Gasteiger partial charge in [0, 0.05) is 32.4 Å². The molecule has 0 spiro atoms. The maximum absolute atomic E-state index is 5.72. The molecule has 4 nitrogen and oxygen atoms in total. The second-order valence-corrected chi connectivity index (χ2v) is 4.81. The van der Waals surface area contributed by atoms with E-state index in [1.165, 1.54) is 18.4 Å². The zero-order chi connectivity index (χ0) is 12.8. The number of nitrogens with two attached hydrogens (primary N) is 1. The van der Waals surface area contributed by atoms with Crippen LogP contribution in [0.15, 0.2) is 18.3 Å². The van der Waals surface area contributed by atoms with Crippen LogP contribution in [-0.2, 0) is 17.8 Å². The molecule has 0 saturated carbocycles. The molecule has 0 amide bonds. The van der Waals surface area contributed by atoms with Gasteiger partial charge in [0.2, 0.25) is 0 Å². The van der Waals surface area contributed by atoms with E-state index in [9.17, 15) is 0 Å². The van der Waals surface area contributed by atoms with E-state index in [4.69, 9.17) is 10.5 Å². The summed E-state index contributed by atoms with van der Waals surface area (Å²) in [6.07, 6.45) is 4.66. The Labute approximate surface area is 109 Å². The van der Waals surface area contributed by atoms with Crippen molar-refractivity contribution in [1.29, 1.82) is 0 Å². The first-order valence-electron chi connectivity index (χ1n) is 6.79. The van der Waals surface area contributed by atoms with Gasteiger partial charge in [-0.05, 0) is 44.0 Å². The van der Waals surface area contributed by atoms with Crippen LogP contribution in [0.4, 0.5) is 0 Å². The molecule has 1 aliphatic heterocycles. The van der Waals surface area contributed by atoms with Crippen molar-refractivity contribution in [3.8, 4) is 0 Å². The highest BCUT2D eigenvalue weighted by atomic mass is 16.5. The van der Waals surface area contributed by atoms with Crippen molar-refractivity contribution in [3.63, 3.8) is 0 Å². The van der Waals surface area contributed by atoms with Crippen LogP contribution in [0.25, 0.3) is 0 Å². The second kappa shape index (κ2) is 6.83. The van der Waals surface area contributed by atoms with Crippen LogP contribution in [0.5, 0.6) is 0 Å². The number of piperidine rings is 1. The molecule has 1 saturated heterocycles. The largest absolute Gasteiger partial charge is 0.377 e. The van der Waals surface area contributed by atoms with Crippen molar-refractivity contribution in [2.75, 3.05) is 19.7 Å². The number of hydrogen-bond acceptors (Lipinski definition) is 4. The molecule has 1 aromatic heterocycles. The standard InChI is InChI=1S/C14H23N3O/c1-2-18-14-4-3-7-17(11-14)10-12-5-6-16-13(8-12)9-15/h5-6,8,14H,2-4,7,9-11,15H2,1H3. The van der Waals surface area contributed by atoms with E-state index in [0.29, 0.717) is 12.6 Å². The van der Waals surface area contributed by atoms with Gasteiger partial charge in [-0.3, -0.25) is 9.88 Å². The zero-order valence-electron chi connectivity index (χ0n) is 11.1. The van der Waals surface area contributed by atoms with Crippen molar-refractivity contribution in [3.05, 3.63) is 29.6 Å². The minimum Gasteiger partial charge on any atom is -0.377 e. The molecule has 100 valence electrons. The number of pyridine rings is 1. The maximum atomic E-state index is 5.72. The number of rotatable bonds is 5. The number of hydrogen-bond donors (Lipinski definition) is 1. The van der Waals surface area contributed by atoms with Gasteiger partial charge in [-0.15, -0.1) is 0 Å². The van der Waals surface area contributed by atoms with Gasteiger partial charge in [0.05, 0.1) is 11.8 Å². The van der Waals surface area contributed by atoms with Gasteiger partial charge >= 0.3 is 0 Å². The lowest BCUT2D eigenvalue weighted by molar-refractivity contribution is 0.00362. The Morgan fingerprint density at radius 3 is 3.22 bits per heavy atom. The summed E-state index contributed by atoms with van der Waals surface area (Å²) in [4.78, 5) is 6.68. The minimum absolute atomic E-state index is 0.402. The van der Waals surface area contributed by atoms with Gasteiger partial charge in [-0.2, -0.15) is 0 Å². The van der Waals surface area contributed by atoms with Gasteiger partial charge in [0.15, 0.2) is 0 Å². The van der Waals surface area contributed by atoms with E-state index in [1.807, 2.05) is 6.20 Å². The van der Waals surface area contributed by atoms with E-state index in [-0.39, 0.29) is 0 Å². The monoisotopic (exact) mass is 249 g/mol. The zero-order valence-corrected chi connectivity index (χ0v) is 11.1. The molecular formula is C14H23N3O. The Morgan fingerprint density at radius 1 is 1.56 bits per heavy atom. The van der Waals surface area contributed by atoms with Crippen molar-refractivity contribution < 1.29 is 4.74 Å². The normalized spacial score (nSPS) is 21.1. The number of likely N-dealkylation sites (tertiary alicyclic amines) is 1. The molecule has 0 radical (unpaired) electrons. The first-order chi connectivity index (χ1) is 8.81. The molecule has 2 N–H and O–H groups in total. The highest BCUT2D eigenvalue weighted by Gasteiger charge is 2.19. The number of ether oxygens (including phenoxy) is 1. The summed E-state index contributed by atoms with van der Waals surface area (Å²) in [5.74, 6) is 0. The van der Waals surface area contributed by atoms with E-state index < -0.39 is 0 Å². The fraction of sp³-hybridized carbons (Fsp3) is 0.643. The third-order valence-corrected chi connectivity index (χ3v) is 3.36. The topological polar surface area (TPSA) is 51.4 Å². The van der Waals surface area contributed by atoms with Crippen LogP contribution in [0, 0.1) is 0 Å². The Balaban J connectivity index is 1.91. The van der Waals surface area contributed by atoms with Gasteiger partial charge in [-0.25, -0.2) is 0 Å². The molecule has 1 aromatic rings. The fourth-order valence-corrected chi connectivity index (χ4v) is 2.52. The van der Waals surface area contributed by atoms with Crippen LogP contribution in [0.1, 0.15) is 31.0 Å². The SMILES string of the molecule is CCOC1CCCN(Cc2ccnc(CN)c2)C1. The van der Waals surface area contributed by atoms with Crippen molar-refractivity contribution in [2.24, 2.45) is 5.73 Å². The van der Waals surface area contributed by atoms with Crippen LogP contribution < -0.4 is 5.73 Å². The van der Waals surface area contributed by atoms with E-state index in [0.717, 1.165) is 31.9 Å². The summed E-state index contributed by atoms with van der Waals surface area (Å²) in [7, 11) is 0. The van der Waals surface area contributed by atoms with Crippen LogP contribution in [-0.4, -0.2) is 35.7 Å². The van der Waals surface area contributed by atoms with Gasteiger partial charge in [0.1, 0.15) is 0 Å². The molecule has 1 unspecified atom stereocenters. The van der Waals surface area contributed by atoms with Crippen LogP contribution in [0.3, 0.4) is 0 Å². The third kappa shape index (κ3) is 3.77. The second-order valence-electron chi connectivity index (χ2n) is 4.81. The fourth-order valence-electron chi connectivity index (χ4n) is 2.52. The summed E-state index contributed by atoms with van der Waals surface area (Å²) in [5, 5.41) is 0. The van der Waals surface area contributed by atoms with Crippen LogP contribution in [0.2, 0.25) is 0 Å². The van der Waals surface area contributed by atoms with Gasteiger partial charge in [0.25, 0.3) is 0 Å². The van der Waals surface area contributed by atoms with Crippen molar-refractivity contribution in [2.45, 2.75) is 39.0 Å². The molecule has 1 aliphatic rings. The first-order valence-corrected chi connectivity index (χ1v) is 6.79. The molecule has 2 heterocycles. The Kier molecular flexibility index (Phi) is 5.11. The maximum Gasteiger partial charge on any atom is 0.0702 e. The molecule has 0 aliphatic carbocycles. The summed E-state index contributed by atoms with van der Waals surface area (Å²) in [6.45, 7) is 6.55. The quantitative estimate of drug-likeness (QED) is 0.860. The van der Waals surface area contributed by atoms with Crippen LogP contribution >= 0.6 is 0 Å². The molecule has 18 heavy (non-hydrogen) atoms. The predicted molar refractivity (Wildman–Crippen MR) is 72.1 cm³/mol. The lowest BCUT2D eigenvalue weighted by atomic mass is 10.1. The molecule has 1 atom stereocenters. The summed E-state index contributed by atoms with van der Waals surface area (Å²) in [5.41, 5.74) is 7.88. The first kappa shape index (κ1) is 13.5. The highest BCUT2D eigenvalue weighted by molar-refractivity contribution is 5.16. The molecule has 4 heteroatoms. The molecule has 0 bridgehead atoms. The summed E-state index contributed by atoms with van der Waals surface area (Å²) >= 11 is 0. The Bertz CT molecular complexity index is 368. The smallest absolute Gasteiger partial charge is 0.0702 e. The average Bonchev–Trinajstić information content (AvgIpc) is 2.40. The van der Waals surface area contributed by atoms with E-state index >= 15 is 0 Å². The summed E-state index contributed by atoms with van der Waals surface area (Å²) in [6, 6.07) is 4.17. The summed E-state index contributed by atoms with van der Waals surface area (Å²) < 4.78 is 5.72. The van der Waals surface area contributed by atoms with Gasteiger partial charge < -0.3 is 10.5 Å². The number of aromatic nitrogens is 1. The molecule has 1 fully saturated rings. The van der Waals surface area contributed by atoms with E-state index in [2.05, 4.69) is 28.9 Å². The molecule has 2 rings (SSSR count). The van der Waals surface area contributed by atoms with Crippen molar-refractivity contribution >= 4 is 0 Å². The lowest BCUT2D eigenvalue weighted by Gasteiger charge is -2.32. The number of nitrogens with zero attached hydrogens (tertiary/aromatic N) is 2. The molecular weight excluding hydrogens is 226 g/mol. The lowest BCUT2D eigenvalue weighted by Crippen LogP contribution is -2.39. The Hall–Kier alpha value is -0.970. The predicted octanol–water partition coefficient (Wildman–Crippen LogP) is 1.54. The van der Waals surface area contributed by atoms with Gasteiger partial charge in [-0.1, -0.05) is 0 Å². The minimum atomic E-state index is 0.402. The van der Waals surface area contributed by atoms with Crippen molar-refractivity contribution in [1.82, 2.24) is 9.88 Å². The third-order valence-electron chi connectivity index (χ3n) is 3.36. The van der Waals surface area contributed by atoms with E-state index in [1.54, 1.807) is 0 Å².